The van der Waals surface area contributed by atoms with Gasteiger partial charge in [0.2, 0.25) is 0 Å². The second-order valence-corrected chi connectivity index (χ2v) is 7.92. The molecule has 0 radical (unpaired) electrons. The molecule has 0 N–H and O–H groups in total. The number of hydrogen-bond donors (Lipinski definition) is 0. The van der Waals surface area contributed by atoms with E-state index in [0.29, 0.717) is 0 Å². The van der Waals surface area contributed by atoms with E-state index in [-0.39, 0.29) is 12.8 Å². The van der Waals surface area contributed by atoms with Gasteiger partial charge in [-0.3, -0.25) is 9.59 Å². The highest BCUT2D eigenvalue weighted by Crippen LogP contribution is 2.72. The van der Waals surface area contributed by atoms with Crippen molar-refractivity contribution in [1.29, 1.82) is 0 Å². The smallest absolute Gasteiger partial charge is 0.302 e. The summed E-state index contributed by atoms with van der Waals surface area (Å²) in [7, 11) is 0. The Labute approximate surface area is 143 Å². The van der Waals surface area contributed by atoms with E-state index in [1.807, 2.05) is 0 Å². The lowest BCUT2D eigenvalue weighted by Crippen LogP contribution is -2.67. The summed E-state index contributed by atoms with van der Waals surface area (Å²) in [5.74, 6) is -10.3. The van der Waals surface area contributed by atoms with Crippen LogP contribution in [0.1, 0.15) is 46.0 Å². The SMILES string of the molecule is CC(=O)OCC12CC3CCC(CC(COC(C)=O)(C1)C3(F)F)C2(F)F. The van der Waals surface area contributed by atoms with Crippen LogP contribution in [0, 0.1) is 22.7 Å². The fourth-order valence-corrected chi connectivity index (χ4v) is 5.23. The molecule has 0 aromatic rings. The van der Waals surface area contributed by atoms with Crippen LogP contribution in [-0.4, -0.2) is 37.0 Å². The summed E-state index contributed by atoms with van der Waals surface area (Å²) in [5, 5.41) is 0. The van der Waals surface area contributed by atoms with Crippen LogP contribution in [0.15, 0.2) is 0 Å². The van der Waals surface area contributed by atoms with Crippen molar-refractivity contribution in [2.24, 2.45) is 22.7 Å². The van der Waals surface area contributed by atoms with Crippen molar-refractivity contribution in [3.8, 4) is 0 Å². The molecule has 4 unspecified atom stereocenters. The fourth-order valence-electron chi connectivity index (χ4n) is 5.23. The van der Waals surface area contributed by atoms with Crippen LogP contribution in [0.5, 0.6) is 0 Å². The molecule has 0 saturated heterocycles. The van der Waals surface area contributed by atoms with Crippen LogP contribution in [0.25, 0.3) is 0 Å². The predicted octanol–water partition coefficient (Wildman–Crippen LogP) is 3.58. The minimum atomic E-state index is -3.20. The van der Waals surface area contributed by atoms with Crippen LogP contribution >= 0.6 is 0 Å². The lowest BCUT2D eigenvalue weighted by molar-refractivity contribution is -0.313. The average molecular weight is 366 g/mol. The zero-order valence-corrected chi connectivity index (χ0v) is 14.2. The maximum atomic E-state index is 15.2. The first kappa shape index (κ1) is 18.5. The van der Waals surface area contributed by atoms with E-state index in [4.69, 9.17) is 9.47 Å². The van der Waals surface area contributed by atoms with Gasteiger partial charge in [-0.25, -0.2) is 17.6 Å². The van der Waals surface area contributed by atoms with Gasteiger partial charge >= 0.3 is 11.9 Å². The predicted molar refractivity (Wildman–Crippen MR) is 78.1 cm³/mol. The van der Waals surface area contributed by atoms with Gasteiger partial charge in [0.05, 0.1) is 10.8 Å². The molecule has 0 aliphatic heterocycles. The van der Waals surface area contributed by atoms with Crippen molar-refractivity contribution in [2.75, 3.05) is 13.2 Å². The van der Waals surface area contributed by atoms with Gasteiger partial charge in [-0.1, -0.05) is 0 Å². The molecular formula is C17H22F4O4. The van der Waals surface area contributed by atoms with Crippen LogP contribution in [-0.2, 0) is 19.1 Å². The fraction of sp³-hybridized carbons (Fsp3) is 0.882. The van der Waals surface area contributed by atoms with Crippen LogP contribution < -0.4 is 0 Å². The van der Waals surface area contributed by atoms with Crippen LogP contribution in [0.2, 0.25) is 0 Å². The van der Waals surface area contributed by atoms with Gasteiger partial charge < -0.3 is 9.47 Å². The third-order valence-corrected chi connectivity index (χ3v) is 6.36. The number of alkyl halides is 4. The van der Waals surface area contributed by atoms with Crippen LogP contribution in [0.4, 0.5) is 17.6 Å². The van der Waals surface area contributed by atoms with Crippen molar-refractivity contribution in [2.45, 2.75) is 57.8 Å². The van der Waals surface area contributed by atoms with Gasteiger partial charge in [-0.05, 0) is 32.1 Å². The molecule has 4 fully saturated rings. The largest absolute Gasteiger partial charge is 0.465 e. The highest BCUT2D eigenvalue weighted by atomic mass is 19.3. The van der Waals surface area contributed by atoms with E-state index in [1.54, 1.807) is 0 Å². The van der Waals surface area contributed by atoms with Gasteiger partial charge in [0.1, 0.15) is 13.2 Å². The van der Waals surface area contributed by atoms with Crippen molar-refractivity contribution < 1.29 is 36.6 Å². The molecule has 4 saturated carbocycles. The molecule has 4 aliphatic rings. The lowest BCUT2D eigenvalue weighted by Gasteiger charge is -2.60. The summed E-state index contributed by atoms with van der Waals surface area (Å²) in [5.41, 5.74) is -3.66. The summed E-state index contributed by atoms with van der Waals surface area (Å²) in [4.78, 5) is 22.3. The van der Waals surface area contributed by atoms with Crippen molar-refractivity contribution >= 4 is 11.9 Å². The Morgan fingerprint density at radius 1 is 0.840 bits per heavy atom. The first-order chi connectivity index (χ1) is 11.5. The number of esters is 2. The summed E-state index contributed by atoms with van der Waals surface area (Å²) in [6.45, 7) is 1.05. The third-order valence-electron chi connectivity index (χ3n) is 6.36. The number of ether oxygens (including phenoxy) is 2. The van der Waals surface area contributed by atoms with Gasteiger partial charge in [0, 0.05) is 25.7 Å². The summed E-state index contributed by atoms with van der Waals surface area (Å²) >= 11 is 0. The number of rotatable bonds is 4. The molecule has 142 valence electrons. The summed E-state index contributed by atoms with van der Waals surface area (Å²) in [6.07, 6.45) is -1.31. The molecule has 4 bridgehead atoms. The number of carbonyl (C=O) groups is 2. The monoisotopic (exact) mass is 366 g/mol. The molecule has 0 spiro atoms. The van der Waals surface area contributed by atoms with E-state index in [9.17, 15) is 9.59 Å². The Bertz CT molecular complexity index is 543. The Kier molecular flexibility index (Phi) is 4.12. The van der Waals surface area contributed by atoms with E-state index < -0.39 is 78.9 Å². The average Bonchev–Trinajstić information content (AvgIpc) is 2.61. The highest BCUT2D eigenvalue weighted by Gasteiger charge is 2.78. The quantitative estimate of drug-likeness (QED) is 0.564. The van der Waals surface area contributed by atoms with Crippen molar-refractivity contribution in [3.05, 3.63) is 0 Å². The molecule has 4 atom stereocenters. The standard InChI is InChI=1S/C17H22F4O4/c1-10(22)24-8-14-5-12-3-4-13(16(14,18)19)6-15(7-14,17(12,20)21)9-25-11(2)23/h12-13H,3-9H2,1-2H3. The van der Waals surface area contributed by atoms with Gasteiger partial charge in [-0.15, -0.1) is 0 Å². The Hall–Kier alpha value is -1.34. The molecule has 4 rings (SSSR count). The molecule has 4 aliphatic carbocycles. The number of hydrogen-bond acceptors (Lipinski definition) is 4. The van der Waals surface area contributed by atoms with E-state index in [1.165, 1.54) is 0 Å². The molecule has 8 heteroatoms. The van der Waals surface area contributed by atoms with Gasteiger partial charge in [0.25, 0.3) is 11.8 Å². The maximum absolute atomic E-state index is 15.2. The molecule has 25 heavy (non-hydrogen) atoms. The normalized spacial score (nSPS) is 40.4. The zero-order valence-electron chi connectivity index (χ0n) is 14.2. The molecule has 0 aromatic heterocycles. The highest BCUT2D eigenvalue weighted by molar-refractivity contribution is 5.66. The Balaban J connectivity index is 2.05. The number of halogens is 4. The minimum Gasteiger partial charge on any atom is -0.465 e. The Morgan fingerprint density at radius 2 is 1.20 bits per heavy atom. The van der Waals surface area contributed by atoms with Crippen LogP contribution in [0.3, 0.4) is 0 Å². The van der Waals surface area contributed by atoms with Crippen molar-refractivity contribution in [3.63, 3.8) is 0 Å². The maximum Gasteiger partial charge on any atom is 0.302 e. The molecule has 4 nitrogen and oxygen atoms in total. The number of fused-ring (bicyclic) bond motifs is 1. The topological polar surface area (TPSA) is 52.6 Å². The zero-order chi connectivity index (χ0) is 18.7. The molecular weight excluding hydrogens is 344 g/mol. The van der Waals surface area contributed by atoms with E-state index in [2.05, 4.69) is 0 Å². The minimum absolute atomic E-state index is 0.00308. The van der Waals surface area contributed by atoms with E-state index in [0.717, 1.165) is 13.8 Å². The number of carbonyl (C=O) groups excluding carboxylic acids is 2. The molecule has 0 amide bonds. The molecule has 0 aromatic carbocycles. The molecule has 0 heterocycles. The lowest BCUT2D eigenvalue weighted by atomic mass is 9.49. The van der Waals surface area contributed by atoms with Gasteiger partial charge in [0.15, 0.2) is 0 Å². The van der Waals surface area contributed by atoms with Gasteiger partial charge in [-0.2, -0.15) is 0 Å². The first-order valence-electron chi connectivity index (χ1n) is 8.48. The summed E-state index contributed by atoms with van der Waals surface area (Å²) in [6, 6.07) is 0. The third kappa shape index (κ3) is 2.54. The van der Waals surface area contributed by atoms with Crippen molar-refractivity contribution in [1.82, 2.24) is 0 Å². The second-order valence-electron chi connectivity index (χ2n) is 7.92. The summed E-state index contributed by atoms with van der Waals surface area (Å²) < 4.78 is 70.4. The second kappa shape index (κ2) is 5.58. The first-order valence-corrected chi connectivity index (χ1v) is 8.48. The van der Waals surface area contributed by atoms with E-state index >= 15 is 17.6 Å². The Morgan fingerprint density at radius 3 is 1.52 bits per heavy atom.